The Labute approximate surface area is 181 Å². The number of aromatic nitrogens is 3. The molecule has 9 nitrogen and oxygen atoms in total. The van der Waals surface area contributed by atoms with Gasteiger partial charge in [-0.2, -0.15) is 15.0 Å². The van der Waals surface area contributed by atoms with Gasteiger partial charge in [-0.25, -0.2) is 4.79 Å². The van der Waals surface area contributed by atoms with Crippen LogP contribution in [0.1, 0.15) is 48.0 Å². The fourth-order valence-corrected chi connectivity index (χ4v) is 3.53. The van der Waals surface area contributed by atoms with Gasteiger partial charge in [0.15, 0.2) is 24.0 Å². The number of carbonyl (C=O) groups excluding carboxylic acids is 3. The average molecular weight is 438 g/mol. The molecule has 156 valence electrons. The van der Waals surface area contributed by atoms with Gasteiger partial charge in [-0.15, -0.1) is 0 Å². The Bertz CT molecular complexity index is 1260. The lowest BCUT2D eigenvalue weighted by atomic mass is 9.83. The maximum absolute atomic E-state index is 12.9. The van der Waals surface area contributed by atoms with Gasteiger partial charge >= 0.3 is 5.97 Å². The van der Waals surface area contributed by atoms with Crippen molar-refractivity contribution in [3.63, 3.8) is 0 Å². The second-order valence-electron chi connectivity index (χ2n) is 6.93. The van der Waals surface area contributed by atoms with Crippen molar-refractivity contribution >= 4 is 41.0 Å². The molecule has 0 amide bonds. The van der Waals surface area contributed by atoms with Crippen molar-refractivity contribution < 1.29 is 19.1 Å². The molecule has 1 aromatic heterocycles. The van der Waals surface area contributed by atoms with Crippen LogP contribution in [0.3, 0.4) is 0 Å². The Morgan fingerprint density at radius 1 is 1.00 bits per heavy atom. The molecule has 31 heavy (non-hydrogen) atoms. The monoisotopic (exact) mass is 437 g/mol. The number of nitrogens with two attached hydrogens (primary N) is 1. The highest BCUT2D eigenvalue weighted by molar-refractivity contribution is 6.41. The van der Waals surface area contributed by atoms with E-state index in [0.29, 0.717) is 11.5 Å². The van der Waals surface area contributed by atoms with Crippen LogP contribution in [0.25, 0.3) is 0 Å². The van der Waals surface area contributed by atoms with Crippen LogP contribution < -0.4 is 10.6 Å². The summed E-state index contributed by atoms with van der Waals surface area (Å²) in [5.41, 5.74) is 6.29. The van der Waals surface area contributed by atoms with E-state index in [4.69, 9.17) is 22.1 Å². The first-order valence-corrected chi connectivity index (χ1v) is 9.51. The van der Waals surface area contributed by atoms with Crippen LogP contribution in [0.2, 0.25) is 5.02 Å². The third-order valence-corrected chi connectivity index (χ3v) is 5.06. The fourth-order valence-electron chi connectivity index (χ4n) is 3.20. The van der Waals surface area contributed by atoms with Crippen molar-refractivity contribution in [2.24, 2.45) is 0 Å². The predicted octanol–water partition coefficient (Wildman–Crippen LogP) is 2.31. The molecule has 2 N–H and O–H groups in total. The number of esters is 1. The minimum absolute atomic E-state index is 0.0145. The molecule has 0 unspecified atom stereocenters. The zero-order valence-corrected chi connectivity index (χ0v) is 17.3. The highest BCUT2D eigenvalue weighted by atomic mass is 35.5. The van der Waals surface area contributed by atoms with Crippen LogP contribution >= 0.6 is 11.6 Å². The Morgan fingerprint density at radius 3 is 2.35 bits per heavy atom. The molecule has 1 aliphatic rings. The number of benzene rings is 2. The predicted molar refractivity (Wildman–Crippen MR) is 112 cm³/mol. The van der Waals surface area contributed by atoms with Crippen LogP contribution in [0.15, 0.2) is 36.4 Å². The lowest BCUT2D eigenvalue weighted by Crippen LogP contribution is -2.22. The highest BCUT2D eigenvalue weighted by Crippen LogP contribution is 2.34. The van der Waals surface area contributed by atoms with Crippen molar-refractivity contribution in [3.8, 4) is 0 Å². The van der Waals surface area contributed by atoms with Gasteiger partial charge in [0, 0.05) is 30.8 Å². The summed E-state index contributed by atoms with van der Waals surface area (Å²) in [5, 5.41) is -0.139. The van der Waals surface area contributed by atoms with E-state index in [0.717, 1.165) is 0 Å². The number of carbonyl (C=O) groups is 3. The SMILES string of the molecule is CN(C)c1nc(N)nc(COC(=O)c2ccc3c(c2Cl)C(=O)c2ccccc2C3=O)n1. The van der Waals surface area contributed by atoms with Crippen molar-refractivity contribution in [1.29, 1.82) is 0 Å². The summed E-state index contributed by atoms with van der Waals surface area (Å²) < 4.78 is 5.26. The molecule has 0 fully saturated rings. The summed E-state index contributed by atoms with van der Waals surface area (Å²) in [6.07, 6.45) is 0. The van der Waals surface area contributed by atoms with E-state index in [1.165, 1.54) is 12.1 Å². The lowest BCUT2D eigenvalue weighted by Gasteiger charge is -2.19. The van der Waals surface area contributed by atoms with Crippen LogP contribution in [0, 0.1) is 0 Å². The molecule has 0 radical (unpaired) electrons. The normalized spacial score (nSPS) is 12.2. The summed E-state index contributed by atoms with van der Waals surface area (Å²) in [4.78, 5) is 52.0. The van der Waals surface area contributed by atoms with Crippen molar-refractivity contribution in [1.82, 2.24) is 15.0 Å². The minimum Gasteiger partial charge on any atom is -0.454 e. The number of hydrogen-bond acceptors (Lipinski definition) is 9. The van der Waals surface area contributed by atoms with Gasteiger partial charge in [0.05, 0.1) is 16.1 Å². The van der Waals surface area contributed by atoms with E-state index < -0.39 is 11.8 Å². The Hall–Kier alpha value is -3.85. The minimum atomic E-state index is -0.794. The third-order valence-electron chi connectivity index (χ3n) is 4.67. The Balaban J connectivity index is 1.62. The maximum atomic E-state index is 12.9. The summed E-state index contributed by atoms with van der Waals surface area (Å²) in [7, 11) is 3.46. The fraction of sp³-hybridized carbons (Fsp3) is 0.143. The topological polar surface area (TPSA) is 128 Å². The number of fused-ring (bicyclic) bond motifs is 2. The summed E-state index contributed by atoms with van der Waals surface area (Å²) in [6.45, 7) is -0.282. The molecule has 1 aliphatic carbocycles. The summed E-state index contributed by atoms with van der Waals surface area (Å²) in [5.74, 6) is -1.10. The molecule has 0 atom stereocenters. The van der Waals surface area contributed by atoms with Gasteiger partial charge in [-0.3, -0.25) is 9.59 Å². The van der Waals surface area contributed by atoms with Crippen LogP contribution in [0.5, 0.6) is 0 Å². The van der Waals surface area contributed by atoms with E-state index in [1.807, 2.05) is 0 Å². The molecule has 0 saturated heterocycles. The number of nitrogens with zero attached hydrogens (tertiary/aromatic N) is 4. The van der Waals surface area contributed by atoms with Crippen molar-refractivity contribution in [2.45, 2.75) is 6.61 Å². The molecule has 0 spiro atoms. The van der Waals surface area contributed by atoms with E-state index in [2.05, 4.69) is 15.0 Å². The largest absolute Gasteiger partial charge is 0.454 e. The van der Waals surface area contributed by atoms with Crippen molar-refractivity contribution in [2.75, 3.05) is 24.7 Å². The van der Waals surface area contributed by atoms with Gasteiger partial charge in [0.25, 0.3) is 0 Å². The first kappa shape index (κ1) is 20.4. The third kappa shape index (κ3) is 3.59. The molecule has 4 rings (SSSR count). The number of anilines is 2. The van der Waals surface area contributed by atoms with E-state index in [9.17, 15) is 14.4 Å². The Kier molecular flexibility index (Phi) is 5.12. The first-order chi connectivity index (χ1) is 14.8. The molecule has 0 bridgehead atoms. The summed E-state index contributed by atoms with van der Waals surface area (Å²) >= 11 is 6.38. The van der Waals surface area contributed by atoms with E-state index in [1.54, 1.807) is 43.3 Å². The van der Waals surface area contributed by atoms with Crippen LogP contribution in [-0.4, -0.2) is 46.6 Å². The second kappa shape index (κ2) is 7.77. The van der Waals surface area contributed by atoms with Crippen LogP contribution in [0.4, 0.5) is 11.9 Å². The van der Waals surface area contributed by atoms with Gasteiger partial charge in [-0.1, -0.05) is 35.9 Å². The number of halogens is 1. The standard InChI is InChI=1S/C21H16ClN5O4/c1-27(2)21-25-14(24-20(23)26-21)9-31-19(30)13-8-7-12-15(16(13)22)18(29)11-6-4-3-5-10(11)17(12)28/h3-8H,9H2,1-2H3,(H2,23,24,25,26). The number of rotatable bonds is 4. The first-order valence-electron chi connectivity index (χ1n) is 9.13. The highest BCUT2D eigenvalue weighted by Gasteiger charge is 2.33. The molecular formula is C21H16ClN5O4. The van der Waals surface area contributed by atoms with Gasteiger partial charge < -0.3 is 15.4 Å². The molecule has 0 saturated carbocycles. The maximum Gasteiger partial charge on any atom is 0.340 e. The smallest absolute Gasteiger partial charge is 0.340 e. The molecular weight excluding hydrogens is 422 g/mol. The van der Waals surface area contributed by atoms with Gasteiger partial charge in [0.1, 0.15) is 0 Å². The average Bonchev–Trinajstić information content (AvgIpc) is 2.75. The molecule has 2 aromatic carbocycles. The van der Waals surface area contributed by atoms with Crippen LogP contribution in [-0.2, 0) is 11.3 Å². The molecule has 10 heteroatoms. The number of ketones is 2. The zero-order chi connectivity index (χ0) is 22.3. The number of hydrogen-bond donors (Lipinski definition) is 1. The van der Waals surface area contributed by atoms with E-state index in [-0.39, 0.29) is 51.4 Å². The second-order valence-corrected chi connectivity index (χ2v) is 7.31. The van der Waals surface area contributed by atoms with E-state index >= 15 is 0 Å². The molecule has 3 aromatic rings. The van der Waals surface area contributed by atoms with Crippen molar-refractivity contribution in [3.05, 3.63) is 75.1 Å². The van der Waals surface area contributed by atoms with Gasteiger partial charge in [0.2, 0.25) is 11.9 Å². The number of ether oxygens (including phenoxy) is 1. The quantitative estimate of drug-likeness (QED) is 0.478. The summed E-state index contributed by atoms with van der Waals surface area (Å²) in [6, 6.07) is 9.22. The van der Waals surface area contributed by atoms with Gasteiger partial charge in [-0.05, 0) is 12.1 Å². The molecule has 0 aliphatic heterocycles. The Morgan fingerprint density at radius 2 is 1.68 bits per heavy atom. The lowest BCUT2D eigenvalue weighted by molar-refractivity contribution is 0.0462. The zero-order valence-electron chi connectivity index (χ0n) is 16.5. The number of nitrogen functional groups attached to an aromatic ring is 1. The molecule has 1 heterocycles.